The molecule has 134 valence electrons. The van der Waals surface area contributed by atoms with Crippen molar-refractivity contribution in [2.45, 2.75) is 45.7 Å². The average molecular weight is 368 g/mol. The number of nitrogens with zero attached hydrogens (tertiary/aromatic N) is 4. The van der Waals surface area contributed by atoms with Crippen LogP contribution in [-0.4, -0.2) is 19.7 Å². The molecular weight excluding hydrogens is 346 g/mol. The third kappa shape index (κ3) is 3.73. The second kappa shape index (κ2) is 7.08. The van der Waals surface area contributed by atoms with Crippen molar-refractivity contribution in [1.29, 1.82) is 0 Å². The Bertz CT molecular complexity index is 915. The van der Waals surface area contributed by atoms with E-state index in [-0.39, 0.29) is 0 Å². The summed E-state index contributed by atoms with van der Waals surface area (Å²) in [6.07, 6.45) is 2.31. The van der Waals surface area contributed by atoms with Gasteiger partial charge in [0.2, 0.25) is 0 Å². The largest absolute Gasteiger partial charge is 0.366 e. The molecule has 0 radical (unpaired) electrons. The maximum atomic E-state index is 6.15. The lowest BCUT2D eigenvalue weighted by Gasteiger charge is -2.09. The van der Waals surface area contributed by atoms with Crippen LogP contribution in [0.25, 0.3) is 0 Å². The smallest absolute Gasteiger partial charge is 0.135 e. The first-order chi connectivity index (χ1) is 12.6. The van der Waals surface area contributed by atoms with Crippen LogP contribution in [0.2, 0.25) is 5.15 Å². The lowest BCUT2D eigenvalue weighted by atomic mass is 10.2. The first kappa shape index (κ1) is 17.0. The van der Waals surface area contributed by atoms with Crippen LogP contribution in [0.15, 0.2) is 36.4 Å². The molecule has 0 unspecified atom stereocenters. The summed E-state index contributed by atoms with van der Waals surface area (Å²) < 4.78 is 2.06. The van der Waals surface area contributed by atoms with Gasteiger partial charge in [-0.05, 0) is 32.3 Å². The Morgan fingerprint density at radius 3 is 2.65 bits per heavy atom. The summed E-state index contributed by atoms with van der Waals surface area (Å²) in [4.78, 5) is 8.95. The van der Waals surface area contributed by atoms with Crippen LogP contribution in [0, 0.1) is 13.8 Å². The van der Waals surface area contributed by atoms with Crippen molar-refractivity contribution in [2.75, 3.05) is 5.32 Å². The molecule has 5 nitrogen and oxygen atoms in total. The van der Waals surface area contributed by atoms with Crippen molar-refractivity contribution in [2.24, 2.45) is 0 Å². The summed E-state index contributed by atoms with van der Waals surface area (Å²) in [6.45, 7) is 5.61. The highest BCUT2D eigenvalue weighted by molar-refractivity contribution is 6.29. The number of anilines is 1. The molecule has 0 saturated heterocycles. The number of hydrogen-bond acceptors (Lipinski definition) is 4. The van der Waals surface area contributed by atoms with Gasteiger partial charge in [0, 0.05) is 29.8 Å². The van der Waals surface area contributed by atoms with E-state index >= 15 is 0 Å². The number of aromatic nitrogens is 4. The molecule has 1 fully saturated rings. The van der Waals surface area contributed by atoms with Crippen molar-refractivity contribution in [3.05, 3.63) is 69.9 Å². The predicted molar refractivity (Wildman–Crippen MR) is 104 cm³/mol. The molecule has 0 aliphatic heterocycles. The van der Waals surface area contributed by atoms with E-state index in [1.165, 1.54) is 16.8 Å². The number of halogens is 1. The van der Waals surface area contributed by atoms with Crippen molar-refractivity contribution >= 4 is 17.4 Å². The average Bonchev–Trinajstić information content (AvgIpc) is 3.43. The summed E-state index contributed by atoms with van der Waals surface area (Å²) in [5, 5.41) is 8.60. The van der Waals surface area contributed by atoms with Gasteiger partial charge in [-0.15, -0.1) is 0 Å². The van der Waals surface area contributed by atoms with Gasteiger partial charge in [0.05, 0.1) is 12.2 Å². The molecule has 3 aromatic rings. The molecule has 0 amide bonds. The third-order valence-corrected chi connectivity index (χ3v) is 5.00. The Morgan fingerprint density at radius 1 is 1.15 bits per heavy atom. The van der Waals surface area contributed by atoms with Gasteiger partial charge < -0.3 is 5.32 Å². The SMILES string of the molecule is Cc1nn(Cc2ccccc2)c(C)c1CNc1cc(Cl)nc(C2CC2)n1. The molecule has 2 aromatic heterocycles. The molecular formula is C20H22ClN5. The minimum Gasteiger partial charge on any atom is -0.366 e. The van der Waals surface area contributed by atoms with Crippen molar-refractivity contribution in [3.8, 4) is 0 Å². The van der Waals surface area contributed by atoms with Crippen LogP contribution in [0.4, 0.5) is 5.82 Å². The zero-order chi connectivity index (χ0) is 18.1. The molecule has 0 spiro atoms. The molecule has 26 heavy (non-hydrogen) atoms. The second-order valence-corrected chi connectivity index (χ2v) is 7.24. The lowest BCUT2D eigenvalue weighted by Crippen LogP contribution is -2.07. The minimum absolute atomic E-state index is 0.478. The zero-order valence-corrected chi connectivity index (χ0v) is 15.8. The predicted octanol–water partition coefficient (Wildman–Crippen LogP) is 4.48. The van der Waals surface area contributed by atoms with Crippen LogP contribution in [-0.2, 0) is 13.1 Å². The van der Waals surface area contributed by atoms with Crippen molar-refractivity contribution in [1.82, 2.24) is 19.7 Å². The van der Waals surface area contributed by atoms with Gasteiger partial charge in [-0.25, -0.2) is 9.97 Å². The van der Waals surface area contributed by atoms with E-state index in [2.05, 4.69) is 51.2 Å². The lowest BCUT2D eigenvalue weighted by molar-refractivity contribution is 0.658. The first-order valence-corrected chi connectivity index (χ1v) is 9.33. The molecule has 1 N–H and O–H groups in total. The van der Waals surface area contributed by atoms with Crippen LogP contribution in [0.1, 0.15) is 47.1 Å². The summed E-state index contributed by atoms with van der Waals surface area (Å²) in [5.74, 6) is 2.11. The maximum absolute atomic E-state index is 6.15. The third-order valence-electron chi connectivity index (χ3n) is 4.81. The highest BCUT2D eigenvalue weighted by Gasteiger charge is 2.27. The van der Waals surface area contributed by atoms with Crippen LogP contribution in [0.5, 0.6) is 0 Å². The van der Waals surface area contributed by atoms with Gasteiger partial charge in [-0.1, -0.05) is 41.9 Å². The highest BCUT2D eigenvalue weighted by atomic mass is 35.5. The second-order valence-electron chi connectivity index (χ2n) is 6.85. The van der Waals surface area contributed by atoms with E-state index in [0.717, 1.165) is 36.7 Å². The number of rotatable bonds is 6. The first-order valence-electron chi connectivity index (χ1n) is 8.95. The molecule has 0 atom stereocenters. The molecule has 2 heterocycles. The molecule has 1 aliphatic carbocycles. The number of hydrogen-bond donors (Lipinski definition) is 1. The van der Waals surface area contributed by atoms with E-state index in [1.807, 2.05) is 13.0 Å². The van der Waals surface area contributed by atoms with E-state index in [9.17, 15) is 0 Å². The topological polar surface area (TPSA) is 55.6 Å². The highest BCUT2D eigenvalue weighted by Crippen LogP contribution is 2.38. The fraction of sp³-hybridized carbons (Fsp3) is 0.350. The van der Waals surface area contributed by atoms with Gasteiger partial charge in [-0.3, -0.25) is 4.68 Å². The number of benzene rings is 1. The number of aryl methyl sites for hydroxylation is 1. The van der Waals surface area contributed by atoms with Gasteiger partial charge in [0.25, 0.3) is 0 Å². The molecule has 1 aromatic carbocycles. The van der Waals surface area contributed by atoms with Crippen molar-refractivity contribution < 1.29 is 0 Å². The summed E-state index contributed by atoms with van der Waals surface area (Å²) in [5.41, 5.74) is 4.65. The van der Waals surface area contributed by atoms with Crippen molar-refractivity contribution in [3.63, 3.8) is 0 Å². The summed E-state index contributed by atoms with van der Waals surface area (Å²) in [7, 11) is 0. The standard InChI is InChI=1S/C20H22ClN5/c1-13-17(14(2)26(25-13)12-15-6-4-3-5-7-15)11-22-19-10-18(21)23-20(24-19)16-8-9-16/h3-7,10,16H,8-9,11-12H2,1-2H3,(H,22,23,24). The minimum atomic E-state index is 0.478. The molecule has 1 saturated carbocycles. The zero-order valence-electron chi connectivity index (χ0n) is 15.0. The Morgan fingerprint density at radius 2 is 1.92 bits per heavy atom. The van der Waals surface area contributed by atoms with Gasteiger partial charge in [0.1, 0.15) is 16.8 Å². The van der Waals surface area contributed by atoms with Crippen LogP contribution < -0.4 is 5.32 Å². The molecule has 0 bridgehead atoms. The Labute approximate surface area is 158 Å². The fourth-order valence-electron chi connectivity index (χ4n) is 3.13. The summed E-state index contributed by atoms with van der Waals surface area (Å²) in [6, 6.07) is 12.2. The molecule has 6 heteroatoms. The van der Waals surface area contributed by atoms with E-state index in [0.29, 0.717) is 17.6 Å². The van der Waals surface area contributed by atoms with Crippen LogP contribution in [0.3, 0.4) is 0 Å². The maximum Gasteiger partial charge on any atom is 0.135 e. The van der Waals surface area contributed by atoms with E-state index < -0.39 is 0 Å². The van der Waals surface area contributed by atoms with Crippen LogP contribution >= 0.6 is 11.6 Å². The quantitative estimate of drug-likeness (QED) is 0.652. The molecule has 1 aliphatic rings. The van der Waals surface area contributed by atoms with Gasteiger partial charge >= 0.3 is 0 Å². The Balaban J connectivity index is 1.50. The van der Waals surface area contributed by atoms with E-state index in [4.69, 9.17) is 16.7 Å². The fourth-order valence-corrected chi connectivity index (χ4v) is 3.32. The van der Waals surface area contributed by atoms with E-state index in [1.54, 1.807) is 6.07 Å². The summed E-state index contributed by atoms with van der Waals surface area (Å²) >= 11 is 6.15. The Hall–Kier alpha value is -2.40. The normalized spacial score (nSPS) is 13.8. The molecule has 4 rings (SSSR count). The number of nitrogens with one attached hydrogen (secondary N) is 1. The monoisotopic (exact) mass is 367 g/mol. The van der Waals surface area contributed by atoms with Gasteiger partial charge in [0.15, 0.2) is 0 Å². The van der Waals surface area contributed by atoms with Gasteiger partial charge in [-0.2, -0.15) is 5.10 Å². The Kier molecular flexibility index (Phi) is 4.64.